The second-order valence-electron chi connectivity index (χ2n) is 29.6. The van der Waals surface area contributed by atoms with E-state index in [0.717, 1.165) is 157 Å². The maximum Gasteiger partial charge on any atom is 0.160 e. The zero-order chi connectivity index (χ0) is 81.9. The molecule has 0 aliphatic heterocycles. The number of hydrogen-bond donors (Lipinski definition) is 0. The van der Waals surface area contributed by atoms with Gasteiger partial charge in [0.2, 0.25) is 0 Å². The second kappa shape index (κ2) is 33.9. The number of fused-ring (bicyclic) bond motifs is 9. The molecule has 0 saturated carbocycles. The zero-order valence-corrected chi connectivity index (χ0v) is 71.5. The first kappa shape index (κ1) is 77.2. The molecule has 0 saturated heterocycles. The van der Waals surface area contributed by atoms with Gasteiger partial charge in [-0.05, 0) is 193 Å². The molecule has 1 aliphatic carbocycles. The maximum absolute atomic E-state index is 5.05. The average Bonchev–Trinajstić information content (AvgIpc) is 1.59. The van der Waals surface area contributed by atoms with Crippen LogP contribution in [0.5, 0.6) is 0 Å². The molecular weight excluding hydrogens is 1750 g/mol. The average molecular weight is 1820 g/mol. The molecule has 1 aliphatic rings. The third kappa shape index (κ3) is 16.2. The summed E-state index contributed by atoms with van der Waals surface area (Å²) < 4.78 is 4.11. The Labute approximate surface area is 732 Å². The van der Waals surface area contributed by atoms with E-state index in [4.69, 9.17) is 39.9 Å². The van der Waals surface area contributed by atoms with Gasteiger partial charge in [0.25, 0.3) is 0 Å². The fraction of sp³-hybridized carbons (Fsp3) is 0.0286. The highest BCUT2D eigenvalue weighted by molar-refractivity contribution is 9.11. The van der Waals surface area contributed by atoms with E-state index >= 15 is 0 Å². The quantitative estimate of drug-likeness (QED) is 0.128. The summed E-state index contributed by atoms with van der Waals surface area (Å²) in [6.07, 6.45) is 7.18. The summed E-state index contributed by atoms with van der Waals surface area (Å²) in [5, 5.41) is 4.74. The molecule has 0 unspecified atom stereocenters. The molecule has 8 heterocycles. The van der Waals surface area contributed by atoms with Gasteiger partial charge in [0.05, 0.1) is 22.1 Å². The van der Waals surface area contributed by atoms with Crippen LogP contribution in [0.2, 0.25) is 0 Å². The maximum atomic E-state index is 5.05. The Hall–Kier alpha value is -13.7. The second-order valence-corrected chi connectivity index (χ2v) is 33.3. The highest BCUT2D eigenvalue weighted by Gasteiger charge is 2.36. The Bertz CT molecular complexity index is 7400. The number of halogens is 4. The smallest absolute Gasteiger partial charge is 0.160 e. The van der Waals surface area contributed by atoms with E-state index in [-0.39, 0.29) is 5.41 Å². The summed E-state index contributed by atoms with van der Waals surface area (Å²) in [6.45, 7) is 4.59. The minimum Gasteiger partial charge on any atom is -0.252 e. The number of benzene rings is 13. The van der Waals surface area contributed by atoms with Crippen LogP contribution >= 0.6 is 63.7 Å². The summed E-state index contributed by atoms with van der Waals surface area (Å²) in [7, 11) is 0. The normalized spacial score (nSPS) is 11.8. The standard InChI is InChI=1S/C31H20BrN3.C28H20BrN3.2C23H14BrN3/c32-27-15-13-23(14-16-27)31-34-28-12-7-17-33-30(28)29(35-31)26-19-24(21-8-3-1-4-9-21)18-25(20-26)22-10-5-2-6-11-22;1-28(2)22-7-4-3-6-20(22)21-14-11-18(16-23(21)28)25-26-24(8-5-15-30-26)31-27(32-25)17-9-12-19(29)13-10-17;24-17-12-10-16(11-13-17)23-26-20-9-4-14-25-22(20)21(27-23)19-8-3-6-15-5-1-2-7-18(15)19;24-19-11-9-16(10-12-19)23-26-20-6-3-13-25-22(20)21(27-23)18-8-7-15-4-1-2-5-17(15)14-18/h1-20H;3-16H,1-2H3;2*1-14H. The summed E-state index contributed by atoms with van der Waals surface area (Å²) in [4.78, 5) is 57.5. The molecule has 121 heavy (non-hydrogen) atoms. The van der Waals surface area contributed by atoms with Crippen LogP contribution in [0.1, 0.15) is 25.0 Å². The van der Waals surface area contributed by atoms with Crippen molar-refractivity contribution in [3.8, 4) is 124 Å². The molecule has 8 aromatic heterocycles. The van der Waals surface area contributed by atoms with Crippen molar-refractivity contribution < 1.29 is 0 Å². The van der Waals surface area contributed by atoms with Crippen LogP contribution in [-0.2, 0) is 5.41 Å². The van der Waals surface area contributed by atoms with Crippen LogP contribution in [-0.4, -0.2) is 59.8 Å². The molecule has 0 atom stereocenters. The molecule has 12 nitrogen and oxygen atoms in total. The number of pyridine rings is 4. The monoisotopic (exact) mass is 1810 g/mol. The van der Waals surface area contributed by atoms with Crippen LogP contribution in [0.4, 0.5) is 0 Å². The molecule has 16 heteroatoms. The molecule has 0 amide bonds. The van der Waals surface area contributed by atoms with Gasteiger partial charge in [-0.15, -0.1) is 0 Å². The van der Waals surface area contributed by atoms with Gasteiger partial charge in [-0.25, -0.2) is 39.9 Å². The summed E-state index contributed by atoms with van der Waals surface area (Å²) in [6, 6.07) is 120. The van der Waals surface area contributed by atoms with Gasteiger partial charge in [-0.2, -0.15) is 0 Å². The first-order chi connectivity index (χ1) is 59.3. The lowest BCUT2D eigenvalue weighted by Gasteiger charge is -2.22. The minimum atomic E-state index is -0.0628. The Morgan fingerprint density at radius 3 is 1.02 bits per heavy atom. The van der Waals surface area contributed by atoms with E-state index in [1.807, 2.05) is 164 Å². The largest absolute Gasteiger partial charge is 0.252 e. The third-order valence-corrected chi connectivity index (χ3v) is 23.7. The van der Waals surface area contributed by atoms with E-state index in [9.17, 15) is 0 Å². The number of nitrogens with zero attached hydrogens (tertiary/aromatic N) is 12. The highest BCUT2D eigenvalue weighted by atomic mass is 79.9. The predicted molar refractivity (Wildman–Crippen MR) is 507 cm³/mol. The molecule has 0 radical (unpaired) electrons. The Kier molecular flexibility index (Phi) is 21.6. The lowest BCUT2D eigenvalue weighted by atomic mass is 9.82. The molecule has 13 aromatic carbocycles. The fourth-order valence-electron chi connectivity index (χ4n) is 15.6. The van der Waals surface area contributed by atoms with Crippen LogP contribution < -0.4 is 0 Å². The van der Waals surface area contributed by atoms with Gasteiger partial charge in [0.15, 0.2) is 23.3 Å². The number of rotatable bonds is 10. The Morgan fingerprint density at radius 2 is 0.545 bits per heavy atom. The van der Waals surface area contributed by atoms with Crippen molar-refractivity contribution in [1.82, 2.24) is 59.8 Å². The number of aromatic nitrogens is 12. The molecule has 22 rings (SSSR count). The molecule has 576 valence electrons. The first-order valence-corrected chi connectivity index (χ1v) is 42.5. The summed E-state index contributed by atoms with van der Waals surface area (Å²) in [5.41, 5.74) is 27.9. The summed E-state index contributed by atoms with van der Waals surface area (Å²) >= 11 is 14.0. The Balaban J connectivity index is 0.000000107. The van der Waals surface area contributed by atoms with Crippen molar-refractivity contribution in [2.75, 3.05) is 0 Å². The van der Waals surface area contributed by atoms with Crippen molar-refractivity contribution in [3.63, 3.8) is 0 Å². The molecule has 21 aromatic rings. The summed E-state index contributed by atoms with van der Waals surface area (Å²) in [5.74, 6) is 2.78. The van der Waals surface area contributed by atoms with Gasteiger partial charge in [0, 0.05) is 92.6 Å². The predicted octanol–water partition coefficient (Wildman–Crippen LogP) is 28.4. The van der Waals surface area contributed by atoms with E-state index in [1.54, 1.807) is 18.6 Å². The first-order valence-electron chi connectivity index (χ1n) is 39.4. The molecule has 0 fully saturated rings. The van der Waals surface area contributed by atoms with Crippen LogP contribution in [0.15, 0.2) is 395 Å². The van der Waals surface area contributed by atoms with E-state index in [2.05, 4.69) is 292 Å². The Morgan fingerprint density at radius 1 is 0.207 bits per heavy atom. The van der Waals surface area contributed by atoms with Crippen LogP contribution in [0.25, 0.3) is 190 Å². The molecule has 0 spiro atoms. The molecular formula is C105H68Br4N12. The molecule has 0 N–H and O–H groups in total. The lowest BCUT2D eigenvalue weighted by molar-refractivity contribution is 0.660. The number of hydrogen-bond acceptors (Lipinski definition) is 12. The van der Waals surface area contributed by atoms with Crippen molar-refractivity contribution in [2.24, 2.45) is 0 Å². The van der Waals surface area contributed by atoms with Gasteiger partial charge in [0.1, 0.15) is 44.8 Å². The van der Waals surface area contributed by atoms with E-state index in [1.165, 1.54) is 38.4 Å². The topological polar surface area (TPSA) is 155 Å². The fourth-order valence-corrected chi connectivity index (χ4v) is 16.6. The van der Waals surface area contributed by atoms with E-state index < -0.39 is 0 Å². The van der Waals surface area contributed by atoms with Gasteiger partial charge in [-0.1, -0.05) is 302 Å². The van der Waals surface area contributed by atoms with Gasteiger partial charge >= 0.3 is 0 Å². The highest BCUT2D eigenvalue weighted by Crippen LogP contribution is 2.50. The molecule has 0 bridgehead atoms. The van der Waals surface area contributed by atoms with Gasteiger partial charge in [-0.3, -0.25) is 19.9 Å². The van der Waals surface area contributed by atoms with Crippen molar-refractivity contribution in [2.45, 2.75) is 19.3 Å². The van der Waals surface area contributed by atoms with Crippen LogP contribution in [0, 0.1) is 0 Å². The van der Waals surface area contributed by atoms with Crippen molar-refractivity contribution in [1.29, 1.82) is 0 Å². The third-order valence-electron chi connectivity index (χ3n) is 21.6. The SMILES string of the molecule is Brc1ccc(-c2nc(-c3cc(-c4ccccc4)cc(-c4ccccc4)c3)c3ncccc3n2)cc1.Brc1ccc(-c2nc(-c3ccc4ccccc4c3)c3ncccc3n2)cc1.Brc1ccc(-c2nc(-c3cccc4ccccc34)c3ncccc3n2)cc1.CC1(C)c2ccccc2-c2ccc(-c3nc(-c4ccc(Br)cc4)nc4cccnc34)cc21. The van der Waals surface area contributed by atoms with Crippen molar-refractivity contribution in [3.05, 3.63) is 406 Å². The zero-order valence-electron chi connectivity index (χ0n) is 65.2. The van der Waals surface area contributed by atoms with Crippen molar-refractivity contribution >= 4 is 129 Å². The minimum absolute atomic E-state index is 0.0628. The lowest BCUT2D eigenvalue weighted by Crippen LogP contribution is -2.15. The van der Waals surface area contributed by atoms with Gasteiger partial charge < -0.3 is 0 Å². The van der Waals surface area contributed by atoms with Crippen LogP contribution in [0.3, 0.4) is 0 Å². The van der Waals surface area contributed by atoms with E-state index in [0.29, 0.717) is 23.3 Å².